The molecule has 6 heteroatoms. The lowest BCUT2D eigenvalue weighted by molar-refractivity contribution is -0.124. The molecule has 0 atom stereocenters. The molecule has 2 rings (SSSR count). The van der Waals surface area contributed by atoms with E-state index >= 15 is 0 Å². The monoisotopic (exact) mass is 443 g/mol. The molecule has 1 aromatic carbocycles. The van der Waals surface area contributed by atoms with Crippen molar-refractivity contribution in [2.75, 3.05) is 5.32 Å². The fraction of sp³-hybridized carbons (Fsp3) is 0.462. The van der Waals surface area contributed by atoms with Gasteiger partial charge in [-0.3, -0.25) is 4.79 Å². The number of hydrogen-bond donors (Lipinski definition) is 1. The standard InChI is InChI=1S/C13H13BrF2INO/c14-9-1-2-10(17)11(7-9)18-12(19)8-3-5-13(15,16)6-4-8/h1-2,7-8H,3-6H2,(H,18,19). The number of nitrogens with one attached hydrogen (secondary N) is 1. The van der Waals surface area contributed by atoms with Gasteiger partial charge >= 0.3 is 0 Å². The Hall–Kier alpha value is -0.240. The Kier molecular flexibility index (Phi) is 4.81. The maximum atomic E-state index is 13.0. The maximum absolute atomic E-state index is 13.0. The summed E-state index contributed by atoms with van der Waals surface area (Å²) in [5.74, 6) is -3.07. The summed E-state index contributed by atoms with van der Waals surface area (Å²) in [5.41, 5.74) is 0.720. The number of hydrogen-bond acceptors (Lipinski definition) is 1. The van der Waals surface area contributed by atoms with Gasteiger partial charge in [0.15, 0.2) is 0 Å². The number of rotatable bonds is 2. The first-order valence-corrected chi connectivity index (χ1v) is 7.88. The first-order chi connectivity index (χ1) is 8.87. The lowest BCUT2D eigenvalue weighted by Crippen LogP contribution is -2.32. The van der Waals surface area contributed by atoms with Crippen LogP contribution in [0.5, 0.6) is 0 Å². The van der Waals surface area contributed by atoms with E-state index in [0.29, 0.717) is 0 Å². The Balaban J connectivity index is 2.00. The van der Waals surface area contributed by atoms with Gasteiger partial charge in [0.25, 0.3) is 0 Å². The van der Waals surface area contributed by atoms with Gasteiger partial charge in [-0.05, 0) is 53.6 Å². The Bertz CT molecular complexity index is 486. The molecule has 0 bridgehead atoms. The first kappa shape index (κ1) is 15.2. The van der Waals surface area contributed by atoms with Gasteiger partial charge in [0, 0.05) is 26.8 Å². The van der Waals surface area contributed by atoms with Gasteiger partial charge in [0.05, 0.1) is 5.69 Å². The highest BCUT2D eigenvalue weighted by Crippen LogP contribution is 2.36. The average molecular weight is 444 g/mol. The Morgan fingerprint density at radius 1 is 1.37 bits per heavy atom. The summed E-state index contributed by atoms with van der Waals surface area (Å²) in [6, 6.07) is 5.59. The lowest BCUT2D eigenvalue weighted by atomic mass is 9.86. The van der Waals surface area contributed by atoms with E-state index in [4.69, 9.17) is 0 Å². The molecule has 0 radical (unpaired) electrons. The molecular weight excluding hydrogens is 431 g/mol. The highest BCUT2D eigenvalue weighted by atomic mass is 127. The minimum Gasteiger partial charge on any atom is -0.325 e. The predicted molar refractivity (Wildman–Crippen MR) is 82.4 cm³/mol. The summed E-state index contributed by atoms with van der Waals surface area (Å²) >= 11 is 5.47. The maximum Gasteiger partial charge on any atom is 0.248 e. The van der Waals surface area contributed by atoms with Crippen LogP contribution < -0.4 is 5.32 Å². The Morgan fingerprint density at radius 2 is 2.00 bits per heavy atom. The van der Waals surface area contributed by atoms with Crippen molar-refractivity contribution in [2.24, 2.45) is 5.92 Å². The van der Waals surface area contributed by atoms with Crippen molar-refractivity contribution in [2.45, 2.75) is 31.6 Å². The molecule has 0 spiro atoms. The smallest absolute Gasteiger partial charge is 0.248 e. The van der Waals surface area contributed by atoms with Crippen molar-refractivity contribution in [3.63, 3.8) is 0 Å². The number of carbonyl (C=O) groups is 1. The number of halogens is 4. The summed E-state index contributed by atoms with van der Waals surface area (Å²) in [4.78, 5) is 12.1. The molecule has 1 aliphatic carbocycles. The molecule has 1 N–H and O–H groups in total. The predicted octanol–water partition coefficient (Wildman–Crippen LogP) is 4.82. The number of amides is 1. The van der Waals surface area contributed by atoms with Crippen LogP contribution in [0.25, 0.3) is 0 Å². The largest absolute Gasteiger partial charge is 0.325 e. The van der Waals surface area contributed by atoms with E-state index < -0.39 is 5.92 Å². The van der Waals surface area contributed by atoms with Crippen LogP contribution in [-0.2, 0) is 4.79 Å². The van der Waals surface area contributed by atoms with Crippen molar-refractivity contribution >= 4 is 50.1 Å². The van der Waals surface area contributed by atoms with Crippen LogP contribution in [0.3, 0.4) is 0 Å². The van der Waals surface area contributed by atoms with Crippen molar-refractivity contribution < 1.29 is 13.6 Å². The normalized spacial score (nSPS) is 19.2. The van der Waals surface area contributed by atoms with Gasteiger partial charge < -0.3 is 5.32 Å². The molecule has 1 saturated carbocycles. The number of carbonyl (C=O) groups excluding carboxylic acids is 1. The summed E-state index contributed by atoms with van der Waals surface area (Å²) in [6.45, 7) is 0. The number of alkyl halides is 2. The zero-order valence-electron chi connectivity index (χ0n) is 10.1. The molecule has 0 aliphatic heterocycles. The van der Waals surface area contributed by atoms with E-state index in [1.165, 1.54) is 0 Å². The van der Waals surface area contributed by atoms with Crippen molar-refractivity contribution in [3.05, 3.63) is 26.2 Å². The van der Waals surface area contributed by atoms with Gasteiger partial charge in [-0.15, -0.1) is 0 Å². The summed E-state index contributed by atoms with van der Waals surface area (Å²) in [7, 11) is 0. The third-order valence-corrected chi connectivity index (χ3v) is 4.71. The number of benzene rings is 1. The van der Waals surface area contributed by atoms with Crippen molar-refractivity contribution in [1.82, 2.24) is 0 Å². The summed E-state index contributed by atoms with van der Waals surface area (Å²) in [6.07, 6.45) is 0.119. The number of anilines is 1. The first-order valence-electron chi connectivity index (χ1n) is 6.01. The molecule has 0 heterocycles. The fourth-order valence-electron chi connectivity index (χ4n) is 2.13. The fourth-order valence-corrected chi connectivity index (χ4v) is 2.96. The third kappa shape index (κ3) is 4.11. The second-order valence-electron chi connectivity index (χ2n) is 4.74. The molecule has 1 fully saturated rings. The molecule has 1 aromatic rings. The van der Waals surface area contributed by atoms with E-state index in [9.17, 15) is 13.6 Å². The minimum atomic E-state index is -2.60. The average Bonchev–Trinajstić information content (AvgIpc) is 2.33. The highest BCUT2D eigenvalue weighted by Gasteiger charge is 2.37. The van der Waals surface area contributed by atoms with Gasteiger partial charge in [-0.25, -0.2) is 8.78 Å². The van der Waals surface area contributed by atoms with Crippen molar-refractivity contribution in [1.29, 1.82) is 0 Å². The zero-order chi connectivity index (χ0) is 14.0. The van der Waals surface area contributed by atoms with E-state index in [2.05, 4.69) is 43.8 Å². The zero-order valence-corrected chi connectivity index (χ0v) is 13.8. The SMILES string of the molecule is O=C(Nc1cc(Br)ccc1I)C1CCC(F)(F)CC1. The Labute approximate surface area is 132 Å². The van der Waals surface area contributed by atoms with E-state index in [-0.39, 0.29) is 37.5 Å². The van der Waals surface area contributed by atoms with Gasteiger partial charge in [-0.2, -0.15) is 0 Å². The van der Waals surface area contributed by atoms with E-state index in [1.807, 2.05) is 18.2 Å². The third-order valence-electron chi connectivity index (χ3n) is 3.27. The van der Waals surface area contributed by atoms with Crippen LogP contribution in [0, 0.1) is 9.49 Å². The molecular formula is C13H13BrF2INO. The Morgan fingerprint density at radius 3 is 2.63 bits per heavy atom. The quantitative estimate of drug-likeness (QED) is 0.652. The second-order valence-corrected chi connectivity index (χ2v) is 6.82. The molecule has 2 nitrogen and oxygen atoms in total. The van der Waals surface area contributed by atoms with Gasteiger partial charge in [-0.1, -0.05) is 15.9 Å². The van der Waals surface area contributed by atoms with Crippen LogP contribution in [0.1, 0.15) is 25.7 Å². The second kappa shape index (κ2) is 6.03. The molecule has 1 aliphatic rings. The molecule has 1 amide bonds. The molecule has 0 saturated heterocycles. The van der Waals surface area contributed by atoms with Crippen LogP contribution in [-0.4, -0.2) is 11.8 Å². The minimum absolute atomic E-state index is 0.161. The summed E-state index contributed by atoms with van der Waals surface area (Å²) in [5, 5.41) is 2.83. The van der Waals surface area contributed by atoms with Gasteiger partial charge in [0.2, 0.25) is 11.8 Å². The van der Waals surface area contributed by atoms with Crippen molar-refractivity contribution in [3.8, 4) is 0 Å². The molecule has 104 valence electrons. The highest BCUT2D eigenvalue weighted by molar-refractivity contribution is 14.1. The van der Waals surface area contributed by atoms with Crippen LogP contribution >= 0.6 is 38.5 Å². The van der Waals surface area contributed by atoms with Crippen LogP contribution in [0.4, 0.5) is 14.5 Å². The molecule has 0 aromatic heterocycles. The topological polar surface area (TPSA) is 29.1 Å². The molecule has 19 heavy (non-hydrogen) atoms. The van der Waals surface area contributed by atoms with E-state index in [1.54, 1.807) is 0 Å². The summed E-state index contributed by atoms with van der Waals surface area (Å²) < 4.78 is 27.9. The lowest BCUT2D eigenvalue weighted by Gasteiger charge is -2.27. The van der Waals surface area contributed by atoms with Crippen LogP contribution in [0.15, 0.2) is 22.7 Å². The molecule has 0 unspecified atom stereocenters. The van der Waals surface area contributed by atoms with Gasteiger partial charge in [0.1, 0.15) is 0 Å². The van der Waals surface area contributed by atoms with Crippen LogP contribution in [0.2, 0.25) is 0 Å². The van der Waals surface area contributed by atoms with E-state index in [0.717, 1.165) is 13.7 Å².